The molecule has 3 rings (SSSR count). The number of halogens is 1. The summed E-state index contributed by atoms with van der Waals surface area (Å²) in [6, 6.07) is 4.17. The van der Waals surface area contributed by atoms with Crippen molar-refractivity contribution in [1.29, 1.82) is 0 Å². The second-order valence-electron chi connectivity index (χ2n) is 7.78. The molecule has 1 aliphatic heterocycles. The fourth-order valence-corrected chi connectivity index (χ4v) is 4.86. The van der Waals surface area contributed by atoms with Gasteiger partial charge in [-0.3, -0.25) is 9.59 Å². The van der Waals surface area contributed by atoms with Crippen molar-refractivity contribution in [2.24, 2.45) is 5.92 Å². The third-order valence-corrected chi connectivity index (χ3v) is 7.20. The Morgan fingerprint density at radius 3 is 2.29 bits per heavy atom. The topological polar surface area (TPSA) is 74.8 Å². The summed E-state index contributed by atoms with van der Waals surface area (Å²) in [7, 11) is -3.42. The van der Waals surface area contributed by atoms with E-state index < -0.39 is 9.84 Å². The summed E-state index contributed by atoms with van der Waals surface area (Å²) in [5, 5.41) is 0.229. The maximum absolute atomic E-state index is 12.8. The van der Waals surface area contributed by atoms with Gasteiger partial charge in [0.25, 0.3) is 5.91 Å². The quantitative estimate of drug-likeness (QED) is 0.725. The zero-order chi connectivity index (χ0) is 20.3. The maximum atomic E-state index is 12.8. The first kappa shape index (κ1) is 21.1. The zero-order valence-electron chi connectivity index (χ0n) is 16.2. The molecule has 0 unspecified atom stereocenters. The first-order chi connectivity index (χ1) is 13.3. The third-order valence-electron chi connectivity index (χ3n) is 5.76. The van der Waals surface area contributed by atoms with Crippen molar-refractivity contribution < 1.29 is 18.0 Å². The van der Waals surface area contributed by atoms with Crippen molar-refractivity contribution in [3.63, 3.8) is 0 Å². The molecule has 0 spiro atoms. The molecule has 8 heteroatoms. The van der Waals surface area contributed by atoms with Crippen LogP contribution in [0.1, 0.15) is 48.9 Å². The Bertz CT molecular complexity index is 842. The number of amides is 2. The fourth-order valence-electron chi connectivity index (χ4n) is 4.01. The van der Waals surface area contributed by atoms with Crippen molar-refractivity contribution in [3.05, 3.63) is 28.8 Å². The Hall–Kier alpha value is -1.60. The number of carbonyl (C=O) groups excluding carboxylic acids is 2. The molecule has 2 fully saturated rings. The molecule has 0 bridgehead atoms. The van der Waals surface area contributed by atoms with E-state index in [2.05, 4.69) is 0 Å². The van der Waals surface area contributed by atoms with Gasteiger partial charge in [0, 0.05) is 38.9 Å². The second kappa shape index (κ2) is 8.82. The van der Waals surface area contributed by atoms with Crippen molar-refractivity contribution >= 4 is 33.3 Å². The van der Waals surface area contributed by atoms with Crippen LogP contribution in [0, 0.1) is 5.92 Å². The van der Waals surface area contributed by atoms with E-state index in [0.717, 1.165) is 12.7 Å². The molecule has 1 heterocycles. The van der Waals surface area contributed by atoms with Gasteiger partial charge >= 0.3 is 0 Å². The summed E-state index contributed by atoms with van der Waals surface area (Å²) in [5.74, 6) is 0.556. The van der Waals surface area contributed by atoms with Crippen LogP contribution in [0.2, 0.25) is 5.02 Å². The number of hydrogen-bond donors (Lipinski definition) is 0. The van der Waals surface area contributed by atoms with Gasteiger partial charge in [-0.15, -0.1) is 0 Å². The molecule has 2 aliphatic rings. The van der Waals surface area contributed by atoms with Crippen LogP contribution in [0.5, 0.6) is 0 Å². The summed E-state index contributed by atoms with van der Waals surface area (Å²) in [4.78, 5) is 28.8. The molecule has 1 aromatic rings. The molecule has 28 heavy (non-hydrogen) atoms. The monoisotopic (exact) mass is 426 g/mol. The predicted octanol–water partition coefficient (Wildman–Crippen LogP) is 3.00. The highest BCUT2D eigenvalue weighted by atomic mass is 35.5. The van der Waals surface area contributed by atoms with Gasteiger partial charge in [0.05, 0.1) is 15.5 Å². The molecule has 2 amide bonds. The smallest absolute Gasteiger partial charge is 0.255 e. The number of benzene rings is 1. The first-order valence-corrected chi connectivity index (χ1v) is 12.1. The average molecular weight is 427 g/mol. The minimum atomic E-state index is -3.42. The highest BCUT2D eigenvalue weighted by Crippen LogP contribution is 2.29. The molecule has 154 valence electrons. The summed E-state index contributed by atoms with van der Waals surface area (Å²) >= 11 is 6.14. The molecular formula is C20H27ClN2O4S. The van der Waals surface area contributed by atoms with Crippen molar-refractivity contribution in [3.8, 4) is 0 Å². The lowest BCUT2D eigenvalue weighted by Crippen LogP contribution is -2.50. The van der Waals surface area contributed by atoms with Crippen LogP contribution in [0.25, 0.3) is 0 Å². The van der Waals surface area contributed by atoms with Gasteiger partial charge < -0.3 is 9.80 Å². The molecule has 6 nitrogen and oxygen atoms in total. The molecule has 1 aliphatic carbocycles. The van der Waals surface area contributed by atoms with E-state index in [1.807, 2.05) is 4.90 Å². The van der Waals surface area contributed by atoms with Crippen LogP contribution in [-0.2, 0) is 14.6 Å². The Morgan fingerprint density at radius 2 is 1.68 bits per heavy atom. The summed E-state index contributed by atoms with van der Waals surface area (Å²) in [6.07, 6.45) is 7.68. The van der Waals surface area contributed by atoms with Gasteiger partial charge in [0.2, 0.25) is 5.91 Å². The largest absolute Gasteiger partial charge is 0.339 e. The van der Waals surface area contributed by atoms with Gasteiger partial charge in [-0.05, 0) is 30.5 Å². The molecule has 0 atom stereocenters. The lowest BCUT2D eigenvalue weighted by atomic mass is 10.0. The summed E-state index contributed by atoms with van der Waals surface area (Å²) < 4.78 is 23.5. The molecule has 1 saturated carbocycles. The Balaban J connectivity index is 1.57. The van der Waals surface area contributed by atoms with Crippen molar-refractivity contribution in [2.75, 3.05) is 32.4 Å². The van der Waals surface area contributed by atoms with Crippen molar-refractivity contribution in [1.82, 2.24) is 9.80 Å². The maximum Gasteiger partial charge on any atom is 0.255 e. The molecule has 1 aromatic carbocycles. The van der Waals surface area contributed by atoms with Crippen LogP contribution in [0.4, 0.5) is 0 Å². The number of hydrogen-bond acceptors (Lipinski definition) is 4. The SMILES string of the molecule is CS(=O)(=O)c1ccc(Cl)c(C(=O)N2CCN(C(=O)CCC3CCCC3)CC2)c1. The number of carbonyl (C=O) groups is 2. The number of rotatable bonds is 5. The first-order valence-electron chi connectivity index (χ1n) is 9.82. The van der Waals surface area contributed by atoms with E-state index in [4.69, 9.17) is 11.6 Å². The van der Waals surface area contributed by atoms with Crippen molar-refractivity contribution in [2.45, 2.75) is 43.4 Å². The lowest BCUT2D eigenvalue weighted by molar-refractivity contribution is -0.133. The van der Waals surface area contributed by atoms with Gasteiger partial charge in [0.15, 0.2) is 9.84 Å². The number of nitrogens with zero attached hydrogens (tertiary/aromatic N) is 2. The van der Waals surface area contributed by atoms with Crippen LogP contribution >= 0.6 is 11.6 Å². The fraction of sp³-hybridized carbons (Fsp3) is 0.600. The van der Waals surface area contributed by atoms with Crippen LogP contribution in [-0.4, -0.2) is 62.5 Å². The standard InChI is InChI=1S/C20H27ClN2O4S/c1-28(26,27)16-7-8-18(21)17(14-16)20(25)23-12-10-22(11-13-23)19(24)9-6-15-4-2-3-5-15/h7-8,14-15H,2-6,9-13H2,1H3. The van der Waals surface area contributed by atoms with Gasteiger partial charge in [-0.1, -0.05) is 37.3 Å². The molecular weight excluding hydrogens is 400 g/mol. The number of sulfone groups is 1. The van der Waals surface area contributed by atoms with Gasteiger partial charge in [-0.25, -0.2) is 8.42 Å². The van der Waals surface area contributed by atoms with E-state index in [1.165, 1.54) is 43.9 Å². The zero-order valence-corrected chi connectivity index (χ0v) is 17.8. The molecule has 0 aromatic heterocycles. The molecule has 1 saturated heterocycles. The van der Waals surface area contributed by atoms with Crippen LogP contribution in [0.15, 0.2) is 23.1 Å². The Labute approximate surface area is 171 Å². The third kappa shape index (κ3) is 5.06. The summed E-state index contributed by atoms with van der Waals surface area (Å²) in [6.45, 7) is 1.85. The molecule has 0 radical (unpaired) electrons. The van der Waals surface area contributed by atoms with E-state index in [9.17, 15) is 18.0 Å². The van der Waals surface area contributed by atoms with E-state index in [-0.39, 0.29) is 27.3 Å². The van der Waals surface area contributed by atoms with Gasteiger partial charge in [-0.2, -0.15) is 0 Å². The van der Waals surface area contributed by atoms with E-state index in [0.29, 0.717) is 38.5 Å². The van der Waals surface area contributed by atoms with Gasteiger partial charge in [0.1, 0.15) is 0 Å². The normalized spacial score (nSPS) is 18.5. The molecule has 0 N–H and O–H groups in total. The minimum absolute atomic E-state index is 0.0703. The van der Waals surface area contributed by atoms with Crippen LogP contribution < -0.4 is 0 Å². The summed E-state index contributed by atoms with van der Waals surface area (Å²) in [5.41, 5.74) is 0.186. The second-order valence-corrected chi connectivity index (χ2v) is 10.2. The average Bonchev–Trinajstić information content (AvgIpc) is 3.19. The lowest BCUT2D eigenvalue weighted by Gasteiger charge is -2.35. The highest BCUT2D eigenvalue weighted by molar-refractivity contribution is 7.90. The Kier molecular flexibility index (Phi) is 6.65. The Morgan fingerprint density at radius 1 is 1.07 bits per heavy atom. The number of piperazine rings is 1. The predicted molar refractivity (Wildman–Crippen MR) is 108 cm³/mol. The van der Waals surface area contributed by atoms with E-state index in [1.54, 1.807) is 4.90 Å². The van der Waals surface area contributed by atoms with E-state index >= 15 is 0 Å². The highest BCUT2D eigenvalue weighted by Gasteiger charge is 2.27. The minimum Gasteiger partial charge on any atom is -0.339 e. The van der Waals surface area contributed by atoms with Crippen LogP contribution in [0.3, 0.4) is 0 Å².